The highest BCUT2D eigenvalue weighted by atomic mass is 19.1. The van der Waals surface area contributed by atoms with Crippen molar-refractivity contribution < 1.29 is 9.60 Å². The topological polar surface area (TPSA) is 70.6 Å². The van der Waals surface area contributed by atoms with Gasteiger partial charge in [-0.1, -0.05) is 17.3 Å². The van der Waals surface area contributed by atoms with E-state index in [9.17, 15) is 4.39 Å². The first-order valence-corrected chi connectivity index (χ1v) is 7.12. The van der Waals surface area contributed by atoms with Crippen LogP contribution in [0.5, 0.6) is 0 Å². The molecule has 4 nitrogen and oxygen atoms in total. The smallest absolute Gasteiger partial charge is 0.170 e. The minimum Gasteiger partial charge on any atom is -0.409 e. The van der Waals surface area contributed by atoms with Crippen molar-refractivity contribution in [2.45, 2.75) is 32.2 Å². The number of nitrogens with two attached hydrogens (primary N) is 1. The molecule has 0 bridgehead atoms. The maximum absolute atomic E-state index is 13.9. The number of rotatable bonds is 6. The van der Waals surface area contributed by atoms with Crippen LogP contribution in [0.25, 0.3) is 0 Å². The molecule has 0 aliphatic heterocycles. The van der Waals surface area contributed by atoms with Gasteiger partial charge in [0.15, 0.2) is 5.84 Å². The van der Waals surface area contributed by atoms with Crippen molar-refractivity contribution in [3.63, 3.8) is 0 Å². The molecule has 4 N–H and O–H groups in total. The van der Waals surface area contributed by atoms with Crippen molar-refractivity contribution in [1.29, 1.82) is 0 Å². The van der Waals surface area contributed by atoms with Crippen LogP contribution in [0.2, 0.25) is 0 Å². The quantitative estimate of drug-likeness (QED) is 0.323. The first kappa shape index (κ1) is 13.4. The van der Waals surface area contributed by atoms with E-state index < -0.39 is 0 Å². The molecule has 2 aliphatic carbocycles. The Labute approximate surface area is 117 Å². The van der Waals surface area contributed by atoms with Gasteiger partial charge in [0.2, 0.25) is 0 Å². The Morgan fingerprint density at radius 2 is 2.20 bits per heavy atom. The van der Waals surface area contributed by atoms with Gasteiger partial charge in [-0.15, -0.1) is 0 Å². The highest BCUT2D eigenvalue weighted by Gasteiger charge is 2.53. The third-order valence-electron chi connectivity index (χ3n) is 4.58. The molecular weight excluding hydrogens is 257 g/mol. The maximum Gasteiger partial charge on any atom is 0.170 e. The zero-order valence-corrected chi connectivity index (χ0v) is 11.4. The molecule has 0 heterocycles. The average molecular weight is 277 g/mol. The predicted octanol–water partition coefficient (Wildman–Crippen LogP) is 2.20. The van der Waals surface area contributed by atoms with Gasteiger partial charge >= 0.3 is 0 Å². The lowest BCUT2D eigenvalue weighted by molar-refractivity contribution is 0.318. The number of amidine groups is 1. The molecule has 0 saturated heterocycles. The fraction of sp³-hybridized carbons (Fsp3) is 0.533. The van der Waals surface area contributed by atoms with Crippen LogP contribution in [0.1, 0.15) is 36.8 Å². The van der Waals surface area contributed by atoms with Crippen molar-refractivity contribution in [2.24, 2.45) is 22.2 Å². The SMILES string of the molecule is N/C(=N/O)c1ccc(CNCC2(C3CC3)CC2)c(F)c1. The maximum atomic E-state index is 13.9. The number of halogens is 1. The summed E-state index contributed by atoms with van der Waals surface area (Å²) >= 11 is 0. The van der Waals surface area contributed by atoms with E-state index in [1.165, 1.54) is 31.7 Å². The van der Waals surface area contributed by atoms with E-state index in [-0.39, 0.29) is 11.7 Å². The van der Waals surface area contributed by atoms with Crippen LogP contribution in [0, 0.1) is 17.2 Å². The molecule has 0 atom stereocenters. The van der Waals surface area contributed by atoms with E-state index >= 15 is 0 Å². The van der Waals surface area contributed by atoms with E-state index in [1.807, 2.05) is 0 Å². The molecule has 20 heavy (non-hydrogen) atoms. The standard InChI is InChI=1S/C15H20FN3O/c16-13-7-10(14(17)19-20)1-2-11(13)8-18-9-15(5-6-15)12-3-4-12/h1-2,7,12,18,20H,3-6,8-9H2,(H2,17,19). The lowest BCUT2D eigenvalue weighted by Gasteiger charge is -2.15. The normalized spacial score (nSPS) is 20.9. The summed E-state index contributed by atoms with van der Waals surface area (Å²) in [6.07, 6.45) is 5.36. The zero-order chi connectivity index (χ0) is 14.2. The Hall–Kier alpha value is -1.62. The van der Waals surface area contributed by atoms with Crippen molar-refractivity contribution in [2.75, 3.05) is 6.54 Å². The molecular formula is C15H20FN3O. The number of hydrogen-bond acceptors (Lipinski definition) is 3. The van der Waals surface area contributed by atoms with Crippen LogP contribution in [0.4, 0.5) is 4.39 Å². The molecule has 1 aromatic carbocycles. The molecule has 0 amide bonds. The molecule has 2 aliphatic rings. The molecule has 1 aromatic rings. The second kappa shape index (κ2) is 5.05. The molecule has 2 fully saturated rings. The summed E-state index contributed by atoms with van der Waals surface area (Å²) in [7, 11) is 0. The van der Waals surface area contributed by atoms with Crippen molar-refractivity contribution in [1.82, 2.24) is 5.32 Å². The number of nitrogens with zero attached hydrogens (tertiary/aromatic N) is 1. The Morgan fingerprint density at radius 1 is 1.45 bits per heavy atom. The second-order valence-corrected chi connectivity index (χ2v) is 6.03. The molecule has 0 aromatic heterocycles. The fourth-order valence-corrected chi connectivity index (χ4v) is 2.94. The average Bonchev–Trinajstić information content (AvgIpc) is 3.31. The van der Waals surface area contributed by atoms with Gasteiger partial charge in [0.05, 0.1) is 0 Å². The molecule has 3 rings (SSSR count). The summed E-state index contributed by atoms with van der Waals surface area (Å²) in [5.74, 6) is 0.509. The van der Waals surface area contributed by atoms with Crippen LogP contribution < -0.4 is 11.1 Å². The Balaban J connectivity index is 1.57. The highest BCUT2D eigenvalue weighted by molar-refractivity contribution is 5.97. The Bertz CT molecular complexity index is 536. The minimum atomic E-state index is -0.321. The van der Waals surface area contributed by atoms with Crippen LogP contribution in [0.15, 0.2) is 23.4 Å². The number of benzene rings is 1. The van der Waals surface area contributed by atoms with E-state index in [0.717, 1.165) is 12.5 Å². The summed E-state index contributed by atoms with van der Waals surface area (Å²) in [5, 5.41) is 14.8. The number of oxime groups is 1. The van der Waals surface area contributed by atoms with Gasteiger partial charge in [0.25, 0.3) is 0 Å². The minimum absolute atomic E-state index is 0.0749. The van der Waals surface area contributed by atoms with Crippen molar-refractivity contribution >= 4 is 5.84 Å². The lowest BCUT2D eigenvalue weighted by atomic mass is 10.0. The van der Waals surface area contributed by atoms with Gasteiger partial charge in [-0.05, 0) is 43.1 Å². The summed E-state index contributed by atoms with van der Waals surface area (Å²) in [5.41, 5.74) is 6.97. The Morgan fingerprint density at radius 3 is 2.75 bits per heavy atom. The monoisotopic (exact) mass is 277 g/mol. The van der Waals surface area contributed by atoms with Gasteiger partial charge in [-0.3, -0.25) is 0 Å². The predicted molar refractivity (Wildman–Crippen MR) is 75.0 cm³/mol. The molecule has 0 radical (unpaired) electrons. The third kappa shape index (κ3) is 2.63. The lowest BCUT2D eigenvalue weighted by Crippen LogP contribution is -2.25. The first-order chi connectivity index (χ1) is 9.64. The van der Waals surface area contributed by atoms with Crippen LogP contribution in [0.3, 0.4) is 0 Å². The summed E-state index contributed by atoms with van der Waals surface area (Å²) in [6, 6.07) is 4.66. The van der Waals surface area contributed by atoms with Gasteiger partial charge in [0.1, 0.15) is 5.82 Å². The number of hydrogen-bond donors (Lipinski definition) is 3. The van der Waals surface area contributed by atoms with E-state index in [0.29, 0.717) is 23.1 Å². The van der Waals surface area contributed by atoms with Gasteiger partial charge in [0, 0.05) is 24.2 Å². The third-order valence-corrected chi connectivity index (χ3v) is 4.58. The highest BCUT2D eigenvalue weighted by Crippen LogP contribution is 2.60. The van der Waals surface area contributed by atoms with Crippen LogP contribution in [-0.2, 0) is 6.54 Å². The fourth-order valence-electron chi connectivity index (χ4n) is 2.94. The van der Waals surface area contributed by atoms with Crippen molar-refractivity contribution in [3.05, 3.63) is 35.1 Å². The largest absolute Gasteiger partial charge is 0.409 e. The number of nitrogens with one attached hydrogen (secondary N) is 1. The molecule has 108 valence electrons. The molecule has 0 unspecified atom stereocenters. The Kier molecular flexibility index (Phi) is 3.38. The van der Waals surface area contributed by atoms with E-state index in [1.54, 1.807) is 12.1 Å². The first-order valence-electron chi connectivity index (χ1n) is 7.12. The summed E-state index contributed by atoms with van der Waals surface area (Å²) < 4.78 is 13.9. The van der Waals surface area contributed by atoms with Crippen molar-refractivity contribution in [3.8, 4) is 0 Å². The second-order valence-electron chi connectivity index (χ2n) is 6.03. The summed E-state index contributed by atoms with van der Waals surface area (Å²) in [6.45, 7) is 1.51. The molecule has 2 saturated carbocycles. The van der Waals surface area contributed by atoms with Crippen LogP contribution in [-0.4, -0.2) is 17.6 Å². The van der Waals surface area contributed by atoms with Gasteiger partial charge in [-0.25, -0.2) is 4.39 Å². The zero-order valence-electron chi connectivity index (χ0n) is 11.4. The van der Waals surface area contributed by atoms with Crippen LogP contribution >= 0.6 is 0 Å². The van der Waals surface area contributed by atoms with Gasteiger partial charge < -0.3 is 16.3 Å². The summed E-state index contributed by atoms with van der Waals surface area (Å²) in [4.78, 5) is 0. The molecule has 5 heteroatoms. The van der Waals surface area contributed by atoms with E-state index in [2.05, 4.69) is 10.5 Å². The van der Waals surface area contributed by atoms with Gasteiger partial charge in [-0.2, -0.15) is 0 Å². The van der Waals surface area contributed by atoms with E-state index in [4.69, 9.17) is 10.9 Å². The molecule has 0 spiro atoms.